The number of carbonyl (C=O) groups excluding carboxylic acids is 1. The fourth-order valence-corrected chi connectivity index (χ4v) is 2.97. The molecule has 0 radical (unpaired) electrons. The van der Waals surface area contributed by atoms with Gasteiger partial charge in [0.1, 0.15) is 12.9 Å². The maximum atomic E-state index is 12.6. The summed E-state index contributed by atoms with van der Waals surface area (Å²) in [6.45, 7) is -0.110. The fourth-order valence-electron chi connectivity index (χ4n) is 2.97. The average molecular weight is 345 g/mol. The summed E-state index contributed by atoms with van der Waals surface area (Å²) in [6.07, 6.45) is 4.07. The van der Waals surface area contributed by atoms with Crippen LogP contribution in [-0.4, -0.2) is 49.7 Å². The minimum absolute atomic E-state index is 0.110. The zero-order valence-electron chi connectivity index (χ0n) is 14.4. The molecule has 0 spiro atoms. The van der Waals surface area contributed by atoms with Crippen molar-refractivity contribution < 1.29 is 28.8 Å². The van der Waals surface area contributed by atoms with Crippen LogP contribution in [0.5, 0.6) is 11.5 Å². The van der Waals surface area contributed by atoms with Gasteiger partial charge in [-0.3, -0.25) is 4.79 Å². The number of methoxy groups -OCH3 is 2. The first-order valence-corrected chi connectivity index (χ1v) is 7.87. The van der Waals surface area contributed by atoms with Gasteiger partial charge in [0.15, 0.2) is 17.6 Å². The third kappa shape index (κ3) is 3.18. The van der Waals surface area contributed by atoms with E-state index in [4.69, 9.17) is 14.2 Å². The molecule has 1 aliphatic heterocycles. The zero-order chi connectivity index (χ0) is 18.0. The van der Waals surface area contributed by atoms with Gasteiger partial charge >= 0.3 is 0 Å². The Balaban J connectivity index is 1.98. The highest BCUT2D eigenvalue weighted by Gasteiger charge is 2.36. The predicted octanol–water partition coefficient (Wildman–Crippen LogP) is 1.61. The standard InChI is InChI=1S/C19H20O6/c1-22-15-5-4-12(8-18(15)24-3)19-14(21)9-13-16(23-2)6-11(10-20)7-17(13)25-19/h4-9,16,19-20H,10H2,1-3H3/p+1/t16?,19-/m1/s1. The highest BCUT2D eigenvalue weighted by atomic mass is 16.5. The molecule has 0 saturated heterocycles. The van der Waals surface area contributed by atoms with Gasteiger partial charge in [0.05, 0.1) is 26.4 Å². The molecule has 1 unspecified atom stereocenters. The molecule has 6 heteroatoms. The van der Waals surface area contributed by atoms with Gasteiger partial charge in [-0.25, -0.2) is 0 Å². The van der Waals surface area contributed by atoms with Crippen molar-refractivity contribution in [3.63, 3.8) is 0 Å². The summed E-state index contributed by atoms with van der Waals surface area (Å²) in [7, 11) is 4.77. The van der Waals surface area contributed by atoms with E-state index in [2.05, 4.69) is 4.74 Å². The van der Waals surface area contributed by atoms with Gasteiger partial charge in [0, 0.05) is 17.7 Å². The van der Waals surface area contributed by atoms with E-state index in [0.717, 1.165) is 0 Å². The monoisotopic (exact) mass is 345 g/mol. The second-order valence-corrected chi connectivity index (χ2v) is 5.73. The Morgan fingerprint density at radius 2 is 1.96 bits per heavy atom. The molecule has 1 aromatic rings. The van der Waals surface area contributed by atoms with Crippen LogP contribution in [0.3, 0.4) is 0 Å². The fraction of sp³-hybridized carbons (Fsp3) is 0.316. The van der Waals surface area contributed by atoms with Crippen LogP contribution < -0.4 is 9.47 Å². The molecule has 2 atom stereocenters. The molecule has 0 aromatic heterocycles. The van der Waals surface area contributed by atoms with E-state index in [9.17, 15) is 9.90 Å². The second-order valence-electron chi connectivity index (χ2n) is 5.73. The topological polar surface area (TPSA) is 77.8 Å². The van der Waals surface area contributed by atoms with Gasteiger partial charge in [-0.2, -0.15) is 0 Å². The number of ether oxygens (including phenoxy) is 4. The van der Waals surface area contributed by atoms with Crippen LogP contribution in [0, 0.1) is 0 Å². The first-order chi connectivity index (χ1) is 12.1. The van der Waals surface area contributed by atoms with Crippen LogP contribution in [-0.2, 0) is 9.53 Å². The van der Waals surface area contributed by atoms with Crippen molar-refractivity contribution in [1.82, 2.24) is 0 Å². The number of hydrogen-bond donors (Lipinski definition) is 1. The number of carbonyl (C=O) groups is 1. The third-order valence-corrected chi connectivity index (χ3v) is 4.26. The number of ketones is 1. The van der Waals surface area contributed by atoms with Crippen molar-refractivity contribution in [3.05, 3.63) is 58.9 Å². The lowest BCUT2D eigenvalue weighted by Gasteiger charge is -2.29. The number of rotatable bonds is 5. The molecule has 6 nitrogen and oxygen atoms in total. The molecule has 0 bridgehead atoms. The van der Waals surface area contributed by atoms with Crippen molar-refractivity contribution in [2.45, 2.75) is 12.2 Å². The summed E-state index contributed by atoms with van der Waals surface area (Å²) >= 11 is 0. The molecule has 132 valence electrons. The van der Waals surface area contributed by atoms with Gasteiger partial charge in [-0.1, -0.05) is 6.07 Å². The van der Waals surface area contributed by atoms with Gasteiger partial charge in [0.25, 0.3) is 0 Å². The number of hydrogen-bond acceptors (Lipinski definition) is 5. The Labute approximate surface area is 146 Å². The van der Waals surface area contributed by atoms with Crippen molar-refractivity contribution in [2.24, 2.45) is 0 Å². The number of fused-ring (bicyclic) bond motifs is 1. The Bertz CT molecular complexity index is 774. The van der Waals surface area contributed by atoms with E-state index in [-0.39, 0.29) is 18.5 Å². The predicted molar refractivity (Wildman–Crippen MR) is 91.6 cm³/mol. The van der Waals surface area contributed by atoms with Crippen LogP contribution in [0.25, 0.3) is 0 Å². The Morgan fingerprint density at radius 1 is 1.20 bits per heavy atom. The van der Waals surface area contributed by atoms with Gasteiger partial charge < -0.3 is 24.1 Å². The average Bonchev–Trinajstić information content (AvgIpc) is 2.66. The highest BCUT2D eigenvalue weighted by Crippen LogP contribution is 2.38. The summed E-state index contributed by atoms with van der Waals surface area (Å²) in [6, 6.07) is 5.24. The van der Waals surface area contributed by atoms with Crippen LogP contribution in [0.1, 0.15) is 11.7 Å². The molecule has 2 N–H and O–H groups in total. The number of aliphatic hydroxyl groups excluding tert-OH is 1. The van der Waals surface area contributed by atoms with E-state index in [1.165, 1.54) is 0 Å². The molecule has 1 aromatic carbocycles. The van der Waals surface area contributed by atoms with Crippen LogP contribution >= 0.6 is 0 Å². The van der Waals surface area contributed by atoms with E-state index >= 15 is 0 Å². The lowest BCUT2D eigenvalue weighted by atomic mass is 9.92. The quantitative estimate of drug-likeness (QED) is 0.821. The summed E-state index contributed by atoms with van der Waals surface area (Å²) in [4.78, 5) is 12.6. The zero-order valence-corrected chi connectivity index (χ0v) is 14.4. The van der Waals surface area contributed by atoms with Crippen LogP contribution in [0.15, 0.2) is 53.3 Å². The van der Waals surface area contributed by atoms with Crippen molar-refractivity contribution in [1.29, 1.82) is 0 Å². The molecule has 3 rings (SSSR count). The smallest absolute Gasteiger partial charge is 0.204 e. The summed E-state index contributed by atoms with van der Waals surface area (Å²) in [5.74, 6) is 1.51. The van der Waals surface area contributed by atoms with E-state index < -0.39 is 6.10 Å². The molecule has 0 saturated carbocycles. The molecule has 25 heavy (non-hydrogen) atoms. The highest BCUT2D eigenvalue weighted by molar-refractivity contribution is 5.97. The van der Waals surface area contributed by atoms with Crippen molar-refractivity contribution in [2.75, 3.05) is 27.9 Å². The molecule has 2 aliphatic rings. The molecule has 0 amide bonds. The summed E-state index contributed by atoms with van der Waals surface area (Å²) in [5, 5.41) is 9.43. The largest absolute Gasteiger partial charge is 0.493 e. The van der Waals surface area contributed by atoms with E-state index in [1.807, 2.05) is 6.08 Å². The molecule has 1 heterocycles. The molecular formula is C19H21O6+. The third-order valence-electron chi connectivity index (χ3n) is 4.26. The minimum atomic E-state index is -0.773. The SMILES string of the molecule is COc1ccc([C@H]2OC3=CC(CO)=CC([OH+]C)C3=CC2=O)cc1OC. The van der Waals surface area contributed by atoms with E-state index in [0.29, 0.717) is 34.0 Å². The summed E-state index contributed by atoms with van der Waals surface area (Å²) in [5.41, 5.74) is 2.09. The normalized spacial score (nSPS) is 22.2. The Kier molecular flexibility index (Phi) is 4.92. The molecular weight excluding hydrogens is 324 g/mol. The maximum Gasteiger partial charge on any atom is 0.204 e. The number of benzene rings is 1. The van der Waals surface area contributed by atoms with E-state index in [1.54, 1.807) is 51.7 Å². The van der Waals surface area contributed by atoms with Crippen molar-refractivity contribution in [3.8, 4) is 11.5 Å². The van der Waals surface area contributed by atoms with Gasteiger partial charge in [0.2, 0.25) is 11.9 Å². The van der Waals surface area contributed by atoms with Crippen LogP contribution in [0.4, 0.5) is 0 Å². The number of aliphatic hydroxyl groups is 3. The summed E-state index contributed by atoms with van der Waals surface area (Å²) < 4.78 is 20.7. The van der Waals surface area contributed by atoms with Gasteiger partial charge in [-0.15, -0.1) is 0 Å². The first-order valence-electron chi connectivity index (χ1n) is 7.87. The first kappa shape index (κ1) is 17.3. The lowest BCUT2D eigenvalue weighted by molar-refractivity contribution is -0.125. The minimum Gasteiger partial charge on any atom is -0.493 e. The van der Waals surface area contributed by atoms with Crippen LogP contribution in [0.2, 0.25) is 0 Å². The molecule has 1 aliphatic carbocycles. The lowest BCUT2D eigenvalue weighted by Crippen LogP contribution is -2.29. The Hall–Kier alpha value is -2.57. The Morgan fingerprint density at radius 3 is 2.60 bits per heavy atom. The molecule has 0 fully saturated rings. The van der Waals surface area contributed by atoms with Crippen molar-refractivity contribution >= 4 is 5.78 Å². The van der Waals surface area contributed by atoms with Gasteiger partial charge in [-0.05, 0) is 23.8 Å². The second kappa shape index (κ2) is 7.13. The maximum absolute atomic E-state index is 12.6.